The summed E-state index contributed by atoms with van der Waals surface area (Å²) in [4.78, 5) is 20.9. The Morgan fingerprint density at radius 2 is 1.41 bits per heavy atom. The molecule has 0 heterocycles. The molecule has 0 amide bonds. The number of rotatable bonds is 2. The summed E-state index contributed by atoms with van der Waals surface area (Å²) in [6.45, 7) is 0. The van der Waals surface area contributed by atoms with Crippen LogP contribution in [0, 0.1) is 5.82 Å². The lowest BCUT2D eigenvalue weighted by Gasteiger charge is -1.99. The maximum absolute atomic E-state index is 12.5. The first-order chi connectivity index (χ1) is 7.75. The zero-order valence-electron chi connectivity index (χ0n) is 8.24. The first-order valence-corrected chi connectivity index (χ1v) is 4.06. The van der Waals surface area contributed by atoms with Crippen molar-refractivity contribution in [3.05, 3.63) is 35.1 Å². The van der Waals surface area contributed by atoms with E-state index in [9.17, 15) is 14.0 Å². The van der Waals surface area contributed by atoms with E-state index in [1.807, 2.05) is 0 Å². The molecule has 0 unspecified atom stereocenters. The summed E-state index contributed by atoms with van der Waals surface area (Å²) >= 11 is 0. The lowest BCUT2D eigenvalue weighted by atomic mass is 10.1. The number of carboxylic acids is 2. The van der Waals surface area contributed by atoms with E-state index >= 15 is 0 Å². The molecule has 9 heteroatoms. The monoisotopic (exact) mass is 246 g/mol. The smallest absolute Gasteiger partial charge is 0.478 e. The van der Waals surface area contributed by atoms with Gasteiger partial charge >= 0.3 is 19.3 Å². The summed E-state index contributed by atoms with van der Waals surface area (Å²) in [7, 11) is -2.17. The Morgan fingerprint density at radius 3 is 1.76 bits per heavy atom. The van der Waals surface area contributed by atoms with Gasteiger partial charge in [-0.2, -0.15) is 0 Å². The van der Waals surface area contributed by atoms with E-state index in [0.29, 0.717) is 6.07 Å². The minimum absolute atomic E-state index is 0.422. The van der Waals surface area contributed by atoms with E-state index < -0.39 is 36.2 Å². The largest absolute Gasteiger partial charge is 0.631 e. The molecular weight excluding hydrogens is 238 g/mol. The molecule has 17 heavy (non-hydrogen) atoms. The summed E-state index contributed by atoms with van der Waals surface area (Å²) in [5.74, 6) is -3.63. The number of benzene rings is 1. The average molecular weight is 246 g/mol. The molecule has 7 nitrogen and oxygen atoms in total. The van der Waals surface area contributed by atoms with Gasteiger partial charge in [-0.05, 0) is 18.2 Å². The summed E-state index contributed by atoms with van der Waals surface area (Å²) in [6, 6.07) is 2.49. The van der Waals surface area contributed by atoms with Crippen LogP contribution in [-0.4, -0.2) is 44.5 Å². The van der Waals surface area contributed by atoms with Gasteiger partial charge < -0.3 is 25.3 Å². The topological polar surface area (TPSA) is 135 Å². The van der Waals surface area contributed by atoms with Crippen LogP contribution in [0.15, 0.2) is 18.2 Å². The standard InChI is InChI=1S/C8H5FO4.BH3O3/c9-4-1-2-5(7(10)11)6(3-4)8(12)13;2-1(3)4/h1-3H,(H,10,11)(H,12,13);2-4H. The summed E-state index contributed by atoms with van der Waals surface area (Å²) in [5, 5.41) is 38.5. The van der Waals surface area contributed by atoms with Gasteiger partial charge in [-0.25, -0.2) is 14.0 Å². The molecule has 0 atom stereocenters. The van der Waals surface area contributed by atoms with Gasteiger partial charge in [0.1, 0.15) is 5.82 Å². The molecule has 0 fully saturated rings. The molecule has 0 aliphatic carbocycles. The average Bonchev–Trinajstić information content (AvgIpc) is 2.15. The minimum Gasteiger partial charge on any atom is -0.478 e. The number of carbonyl (C=O) groups is 2. The van der Waals surface area contributed by atoms with Gasteiger partial charge in [-0.1, -0.05) is 0 Å². The predicted molar refractivity (Wildman–Crippen MR) is 52.7 cm³/mol. The van der Waals surface area contributed by atoms with Crippen LogP contribution in [0.4, 0.5) is 4.39 Å². The summed E-state index contributed by atoms with van der Waals surface area (Å²) < 4.78 is 12.5. The number of aromatic carboxylic acids is 2. The Labute approximate surface area is 94.6 Å². The maximum atomic E-state index is 12.5. The van der Waals surface area contributed by atoms with Gasteiger partial charge in [0, 0.05) is 0 Å². The Morgan fingerprint density at radius 1 is 1.00 bits per heavy atom. The van der Waals surface area contributed by atoms with Crippen LogP contribution in [0.25, 0.3) is 0 Å². The number of halogens is 1. The second-order valence-electron chi connectivity index (χ2n) is 2.65. The third kappa shape index (κ3) is 5.61. The highest BCUT2D eigenvalue weighted by Gasteiger charge is 2.15. The number of carboxylic acid groups (broad SMARTS) is 2. The van der Waals surface area contributed by atoms with Crippen molar-refractivity contribution in [3.63, 3.8) is 0 Å². The van der Waals surface area contributed by atoms with Gasteiger partial charge in [0.05, 0.1) is 11.1 Å². The molecule has 0 bridgehead atoms. The van der Waals surface area contributed by atoms with Crippen molar-refractivity contribution in [3.8, 4) is 0 Å². The van der Waals surface area contributed by atoms with E-state index in [4.69, 9.17) is 25.3 Å². The van der Waals surface area contributed by atoms with Crippen LogP contribution in [0.3, 0.4) is 0 Å². The highest BCUT2D eigenvalue weighted by Crippen LogP contribution is 2.11. The Kier molecular flexibility index (Phi) is 5.82. The molecule has 1 rings (SSSR count). The second-order valence-corrected chi connectivity index (χ2v) is 2.65. The van der Waals surface area contributed by atoms with Crippen LogP contribution < -0.4 is 0 Å². The molecule has 0 saturated carbocycles. The van der Waals surface area contributed by atoms with E-state index in [-0.39, 0.29) is 0 Å². The summed E-state index contributed by atoms with van der Waals surface area (Å²) in [5.41, 5.74) is -0.971. The molecular formula is C8H8BFO7. The van der Waals surface area contributed by atoms with Crippen LogP contribution in [-0.2, 0) is 0 Å². The van der Waals surface area contributed by atoms with Crippen LogP contribution >= 0.6 is 0 Å². The molecule has 1 aromatic rings. The van der Waals surface area contributed by atoms with Crippen molar-refractivity contribution < 1.29 is 39.3 Å². The van der Waals surface area contributed by atoms with E-state index in [1.54, 1.807) is 0 Å². The predicted octanol–water partition coefficient (Wildman–Crippen LogP) is -0.830. The molecule has 0 aromatic heterocycles. The Hall–Kier alpha value is -1.97. The van der Waals surface area contributed by atoms with Crippen molar-refractivity contribution in [2.75, 3.05) is 0 Å². The van der Waals surface area contributed by atoms with Gasteiger partial charge in [0.15, 0.2) is 0 Å². The van der Waals surface area contributed by atoms with Crippen molar-refractivity contribution in [1.29, 1.82) is 0 Å². The first kappa shape index (κ1) is 15.0. The van der Waals surface area contributed by atoms with Crippen molar-refractivity contribution in [1.82, 2.24) is 0 Å². The number of hydrogen-bond acceptors (Lipinski definition) is 5. The Balaban J connectivity index is 0.000000557. The fourth-order valence-electron chi connectivity index (χ4n) is 0.880. The molecule has 0 aliphatic heterocycles. The molecule has 0 radical (unpaired) electrons. The molecule has 0 saturated heterocycles. The van der Waals surface area contributed by atoms with Gasteiger partial charge in [0.25, 0.3) is 0 Å². The second kappa shape index (κ2) is 6.58. The van der Waals surface area contributed by atoms with Crippen LogP contribution in [0.2, 0.25) is 0 Å². The highest BCUT2D eigenvalue weighted by atomic mass is 19.1. The zero-order chi connectivity index (χ0) is 13.6. The maximum Gasteiger partial charge on any atom is 0.631 e. The van der Waals surface area contributed by atoms with Crippen LogP contribution in [0.1, 0.15) is 20.7 Å². The molecule has 0 spiro atoms. The van der Waals surface area contributed by atoms with E-state index in [2.05, 4.69) is 0 Å². The van der Waals surface area contributed by atoms with Crippen LogP contribution in [0.5, 0.6) is 0 Å². The van der Waals surface area contributed by atoms with Crippen molar-refractivity contribution in [2.45, 2.75) is 0 Å². The third-order valence-electron chi connectivity index (χ3n) is 1.44. The molecule has 92 valence electrons. The van der Waals surface area contributed by atoms with E-state index in [1.165, 1.54) is 0 Å². The number of hydrogen-bond donors (Lipinski definition) is 5. The van der Waals surface area contributed by atoms with Gasteiger partial charge in [-0.15, -0.1) is 0 Å². The quantitative estimate of drug-likeness (QED) is 0.429. The SMILES string of the molecule is O=C(O)c1ccc(F)cc1C(=O)O.OB(O)O. The van der Waals surface area contributed by atoms with Gasteiger partial charge in [-0.3, -0.25) is 0 Å². The van der Waals surface area contributed by atoms with Crippen molar-refractivity contribution >= 4 is 19.3 Å². The third-order valence-corrected chi connectivity index (χ3v) is 1.44. The fourth-order valence-corrected chi connectivity index (χ4v) is 0.880. The summed E-state index contributed by atoms with van der Waals surface area (Å²) in [6.07, 6.45) is 0. The lowest BCUT2D eigenvalue weighted by Crippen LogP contribution is -2.08. The fraction of sp³-hybridized carbons (Fsp3) is 0. The molecule has 0 aliphatic rings. The normalized spacial score (nSPS) is 8.94. The molecule has 5 N–H and O–H groups in total. The highest BCUT2D eigenvalue weighted by molar-refractivity contribution is 6.30. The Bertz CT molecular complexity index is 418. The van der Waals surface area contributed by atoms with E-state index in [0.717, 1.165) is 12.1 Å². The van der Waals surface area contributed by atoms with Crippen molar-refractivity contribution in [2.24, 2.45) is 0 Å². The van der Waals surface area contributed by atoms with Gasteiger partial charge in [0.2, 0.25) is 0 Å². The minimum atomic E-state index is -2.17. The lowest BCUT2D eigenvalue weighted by molar-refractivity contribution is 0.0651. The molecule has 1 aromatic carbocycles. The first-order valence-electron chi connectivity index (χ1n) is 4.06. The zero-order valence-corrected chi connectivity index (χ0v) is 8.24.